The molecule has 1 rings (SSSR count). The third-order valence-corrected chi connectivity index (χ3v) is 1.96. The van der Waals surface area contributed by atoms with E-state index < -0.39 is 17.6 Å². The lowest BCUT2D eigenvalue weighted by Crippen LogP contribution is -2.32. The summed E-state index contributed by atoms with van der Waals surface area (Å²) in [5.74, 6) is -0.691. The van der Waals surface area contributed by atoms with Crippen LogP contribution in [0, 0.1) is 5.95 Å². The number of carbonyl (C=O) groups is 1. The maximum absolute atomic E-state index is 12.8. The smallest absolute Gasteiger partial charge is 0.407 e. The van der Waals surface area contributed by atoms with E-state index in [0.717, 1.165) is 0 Å². The number of rotatable bonds is 3. The van der Waals surface area contributed by atoms with Crippen molar-refractivity contribution in [3.05, 3.63) is 29.9 Å². The fourth-order valence-corrected chi connectivity index (χ4v) is 1.22. The third-order valence-electron chi connectivity index (χ3n) is 1.96. The van der Waals surface area contributed by atoms with Gasteiger partial charge in [0.2, 0.25) is 5.95 Å². The van der Waals surface area contributed by atoms with Crippen LogP contribution in [-0.2, 0) is 4.74 Å². The average Bonchev–Trinajstić information content (AvgIpc) is 2.27. The predicted molar refractivity (Wildman–Crippen MR) is 71.9 cm³/mol. The van der Waals surface area contributed by atoms with E-state index in [4.69, 9.17) is 10.5 Å². The Kier molecular flexibility index (Phi) is 4.86. The molecule has 19 heavy (non-hydrogen) atoms. The second kappa shape index (κ2) is 6.17. The fraction of sp³-hybridized carbons (Fsp3) is 0.385. The minimum atomic E-state index is -0.691. The van der Waals surface area contributed by atoms with Crippen molar-refractivity contribution in [3.8, 4) is 0 Å². The summed E-state index contributed by atoms with van der Waals surface area (Å²) in [5, 5.41) is 2.56. The van der Waals surface area contributed by atoms with E-state index in [9.17, 15) is 9.18 Å². The highest BCUT2D eigenvalue weighted by molar-refractivity contribution is 5.68. The van der Waals surface area contributed by atoms with Gasteiger partial charge in [-0.2, -0.15) is 4.39 Å². The van der Waals surface area contributed by atoms with E-state index in [0.29, 0.717) is 12.1 Å². The monoisotopic (exact) mass is 267 g/mol. The quantitative estimate of drug-likeness (QED) is 0.824. The maximum Gasteiger partial charge on any atom is 0.407 e. The van der Waals surface area contributed by atoms with E-state index in [1.54, 1.807) is 32.9 Å². The number of nitrogens with two attached hydrogens (primary N) is 1. The Labute approximate surface area is 111 Å². The summed E-state index contributed by atoms with van der Waals surface area (Å²) in [5.41, 5.74) is 5.50. The van der Waals surface area contributed by atoms with Gasteiger partial charge in [-0.25, -0.2) is 9.78 Å². The molecule has 1 heterocycles. The molecule has 5 nitrogen and oxygen atoms in total. The van der Waals surface area contributed by atoms with Crippen molar-refractivity contribution in [2.45, 2.75) is 26.4 Å². The highest BCUT2D eigenvalue weighted by atomic mass is 19.1. The van der Waals surface area contributed by atoms with Crippen molar-refractivity contribution in [1.29, 1.82) is 0 Å². The van der Waals surface area contributed by atoms with Gasteiger partial charge in [0.15, 0.2) is 0 Å². The number of nitrogen functional groups attached to an aromatic ring is 1. The number of hydrogen-bond donors (Lipinski definition) is 2. The molecule has 3 N–H and O–H groups in total. The number of pyridine rings is 1. The van der Waals surface area contributed by atoms with Crippen molar-refractivity contribution in [3.63, 3.8) is 0 Å². The highest BCUT2D eigenvalue weighted by Gasteiger charge is 2.14. The van der Waals surface area contributed by atoms with Gasteiger partial charge >= 0.3 is 6.09 Å². The van der Waals surface area contributed by atoms with E-state index in [2.05, 4.69) is 10.3 Å². The Morgan fingerprint density at radius 2 is 2.26 bits per heavy atom. The van der Waals surface area contributed by atoms with E-state index in [-0.39, 0.29) is 5.69 Å². The number of nitrogens with one attached hydrogen (secondary N) is 1. The van der Waals surface area contributed by atoms with Crippen molar-refractivity contribution < 1.29 is 13.9 Å². The number of nitrogens with zero attached hydrogens (tertiary/aromatic N) is 1. The summed E-state index contributed by atoms with van der Waals surface area (Å²) < 4.78 is 17.9. The van der Waals surface area contributed by atoms with Gasteiger partial charge in [0.1, 0.15) is 5.60 Å². The number of amides is 1. The van der Waals surface area contributed by atoms with Gasteiger partial charge in [0, 0.05) is 12.7 Å². The van der Waals surface area contributed by atoms with Gasteiger partial charge in [-0.05, 0) is 32.4 Å². The summed E-state index contributed by atoms with van der Waals surface area (Å²) in [4.78, 5) is 14.8. The molecule has 6 heteroatoms. The molecule has 0 bridgehead atoms. The number of halogens is 1. The molecule has 0 fully saturated rings. The Morgan fingerprint density at radius 1 is 1.58 bits per heavy atom. The topological polar surface area (TPSA) is 77.2 Å². The second-order valence-corrected chi connectivity index (χ2v) is 4.93. The number of alkyl carbamates (subject to hydrolysis) is 1. The Bertz CT molecular complexity index is 481. The van der Waals surface area contributed by atoms with Crippen LogP contribution in [0.15, 0.2) is 18.3 Å². The van der Waals surface area contributed by atoms with Gasteiger partial charge in [0.05, 0.1) is 5.69 Å². The van der Waals surface area contributed by atoms with Crippen LogP contribution in [0.5, 0.6) is 0 Å². The van der Waals surface area contributed by atoms with Crippen LogP contribution in [0.25, 0.3) is 6.08 Å². The molecule has 0 saturated carbocycles. The van der Waals surface area contributed by atoms with Gasteiger partial charge in [-0.3, -0.25) is 0 Å². The van der Waals surface area contributed by atoms with E-state index in [1.165, 1.54) is 12.3 Å². The molecule has 0 aliphatic rings. The Morgan fingerprint density at radius 3 is 2.84 bits per heavy atom. The average molecular weight is 267 g/mol. The molecule has 1 aromatic rings. The van der Waals surface area contributed by atoms with Crippen molar-refractivity contribution in [2.75, 3.05) is 12.3 Å². The minimum Gasteiger partial charge on any atom is -0.444 e. The molecule has 0 aromatic carbocycles. The van der Waals surface area contributed by atoms with Crippen molar-refractivity contribution in [2.24, 2.45) is 0 Å². The molecular formula is C13H18FN3O2. The van der Waals surface area contributed by atoms with Crippen LogP contribution >= 0.6 is 0 Å². The molecule has 0 saturated heterocycles. The summed E-state index contributed by atoms with van der Waals surface area (Å²) in [6, 6.07) is 1.46. The predicted octanol–water partition coefficient (Wildman–Crippen LogP) is 2.34. The van der Waals surface area contributed by atoms with Crippen molar-refractivity contribution in [1.82, 2.24) is 10.3 Å². The molecule has 0 aliphatic heterocycles. The first-order valence-corrected chi connectivity index (χ1v) is 5.82. The zero-order valence-corrected chi connectivity index (χ0v) is 11.2. The first-order valence-electron chi connectivity index (χ1n) is 5.82. The zero-order valence-electron chi connectivity index (χ0n) is 11.2. The molecule has 1 aromatic heterocycles. The number of aromatic nitrogens is 1. The SMILES string of the molecule is CC(C)(C)OC(=O)NCC=Cc1cnc(F)c(N)c1. The van der Waals surface area contributed by atoms with Crippen LogP contribution in [-0.4, -0.2) is 23.2 Å². The summed E-state index contributed by atoms with van der Waals surface area (Å²) >= 11 is 0. The van der Waals surface area contributed by atoms with Crippen LogP contribution in [0.1, 0.15) is 26.3 Å². The Balaban J connectivity index is 2.42. The lowest BCUT2D eigenvalue weighted by Gasteiger charge is -2.19. The largest absolute Gasteiger partial charge is 0.444 e. The molecule has 0 aliphatic carbocycles. The number of anilines is 1. The number of hydrogen-bond acceptors (Lipinski definition) is 4. The van der Waals surface area contributed by atoms with E-state index >= 15 is 0 Å². The first-order chi connectivity index (χ1) is 8.78. The Hall–Kier alpha value is -2.11. The van der Waals surface area contributed by atoms with Gasteiger partial charge < -0.3 is 15.8 Å². The molecular weight excluding hydrogens is 249 g/mol. The normalized spacial score (nSPS) is 11.6. The molecule has 0 atom stereocenters. The van der Waals surface area contributed by atoms with Crippen LogP contribution in [0.2, 0.25) is 0 Å². The molecule has 0 unspecified atom stereocenters. The van der Waals surface area contributed by atoms with Crippen LogP contribution in [0.3, 0.4) is 0 Å². The van der Waals surface area contributed by atoms with Gasteiger partial charge in [-0.15, -0.1) is 0 Å². The fourth-order valence-electron chi connectivity index (χ4n) is 1.22. The molecule has 104 valence electrons. The lowest BCUT2D eigenvalue weighted by molar-refractivity contribution is 0.0534. The number of ether oxygens (including phenoxy) is 1. The van der Waals surface area contributed by atoms with Gasteiger partial charge in [0.25, 0.3) is 0 Å². The standard InChI is InChI=1S/C13H18FN3O2/c1-13(2,3)19-12(18)16-6-4-5-9-7-10(15)11(14)17-8-9/h4-5,7-8H,6,15H2,1-3H3,(H,16,18). The first kappa shape index (κ1) is 14.9. The molecule has 1 amide bonds. The maximum atomic E-state index is 12.8. The third kappa shape index (κ3) is 5.85. The summed E-state index contributed by atoms with van der Waals surface area (Å²) in [6.07, 6.45) is 4.24. The van der Waals surface area contributed by atoms with Crippen LogP contribution < -0.4 is 11.1 Å². The minimum absolute atomic E-state index is 0.0118. The molecule has 0 spiro atoms. The highest BCUT2D eigenvalue weighted by Crippen LogP contribution is 2.10. The summed E-state index contributed by atoms with van der Waals surface area (Å²) in [7, 11) is 0. The number of carbonyl (C=O) groups excluding carboxylic acids is 1. The summed E-state index contributed by atoms with van der Waals surface area (Å²) in [6.45, 7) is 5.66. The van der Waals surface area contributed by atoms with Crippen LogP contribution in [0.4, 0.5) is 14.9 Å². The zero-order chi connectivity index (χ0) is 14.5. The van der Waals surface area contributed by atoms with Gasteiger partial charge in [-0.1, -0.05) is 12.2 Å². The molecule has 0 radical (unpaired) electrons. The lowest BCUT2D eigenvalue weighted by atomic mass is 10.2. The second-order valence-electron chi connectivity index (χ2n) is 4.93. The van der Waals surface area contributed by atoms with E-state index in [1.807, 2.05) is 0 Å². The van der Waals surface area contributed by atoms with Crippen molar-refractivity contribution >= 4 is 17.9 Å².